The molecule has 0 saturated carbocycles. The number of carbonyl (C=O) groups is 1. The zero-order valence-electron chi connectivity index (χ0n) is 6.20. The summed E-state index contributed by atoms with van der Waals surface area (Å²) in [5, 5.41) is 11.2. The molecule has 0 amide bonds. The number of ether oxygens (including phenoxy) is 1. The van der Waals surface area contributed by atoms with Crippen molar-refractivity contribution in [1.82, 2.24) is 5.32 Å². The number of nitrogens with zero attached hydrogens (tertiary/aromatic N) is 1. The van der Waals surface area contributed by atoms with Gasteiger partial charge in [-0.2, -0.15) is 0 Å². The average molecular weight is 158 g/mol. The quantitative estimate of drug-likeness (QED) is 0.557. The molecule has 0 bridgehead atoms. The highest BCUT2D eigenvalue weighted by Gasteiger charge is 2.22. The van der Waals surface area contributed by atoms with Crippen LogP contribution in [0.3, 0.4) is 0 Å². The number of carboxylic acid groups (broad SMARTS) is 1. The predicted molar refractivity (Wildman–Crippen MR) is 38.7 cm³/mol. The highest BCUT2D eigenvalue weighted by molar-refractivity contribution is 5.90. The van der Waals surface area contributed by atoms with Crippen LogP contribution in [0.2, 0.25) is 0 Å². The molecule has 1 atom stereocenters. The molecule has 2 N–H and O–H groups in total. The van der Waals surface area contributed by atoms with Crippen LogP contribution in [-0.2, 0) is 9.53 Å². The molecule has 5 nitrogen and oxygen atoms in total. The molecule has 0 aromatic rings. The van der Waals surface area contributed by atoms with E-state index in [0.29, 0.717) is 19.0 Å². The third-order valence-corrected chi connectivity index (χ3v) is 1.38. The van der Waals surface area contributed by atoms with Gasteiger partial charge in [-0.05, 0) is 0 Å². The first kappa shape index (κ1) is 8.00. The predicted octanol–water partition coefficient (Wildman–Crippen LogP) is -0.912. The third kappa shape index (κ3) is 1.91. The summed E-state index contributed by atoms with van der Waals surface area (Å²) in [7, 11) is 1.54. The molecule has 1 aliphatic rings. The lowest BCUT2D eigenvalue weighted by atomic mass is 10.3. The fourth-order valence-corrected chi connectivity index (χ4v) is 0.858. The number of nitrogens with one attached hydrogen (secondary N) is 1. The van der Waals surface area contributed by atoms with Gasteiger partial charge in [0.15, 0.2) is 0 Å². The molecule has 11 heavy (non-hydrogen) atoms. The van der Waals surface area contributed by atoms with Gasteiger partial charge in [0.25, 0.3) is 0 Å². The van der Waals surface area contributed by atoms with E-state index in [1.54, 1.807) is 0 Å². The van der Waals surface area contributed by atoms with Crippen molar-refractivity contribution in [2.75, 3.05) is 20.3 Å². The highest BCUT2D eigenvalue weighted by Crippen LogP contribution is 1.95. The minimum absolute atomic E-state index is 0.300. The molecule has 0 aromatic heterocycles. The summed E-state index contributed by atoms with van der Waals surface area (Å²) >= 11 is 0. The minimum atomic E-state index is -0.875. The molecule has 1 heterocycles. The fourth-order valence-electron chi connectivity index (χ4n) is 0.858. The maximum absolute atomic E-state index is 10.4. The number of hydrogen-bond donors (Lipinski definition) is 2. The second-order valence-corrected chi connectivity index (χ2v) is 2.26. The standard InChI is InChI=1S/C6H10N2O3/c1-11-3-5-7-2-4(8-5)6(9)10/h4H,2-3H2,1H3,(H,7,8)(H,9,10). The van der Waals surface area contributed by atoms with Crippen molar-refractivity contribution in [2.45, 2.75) is 6.04 Å². The van der Waals surface area contributed by atoms with Crippen LogP contribution in [0.15, 0.2) is 4.99 Å². The summed E-state index contributed by atoms with van der Waals surface area (Å²) in [5.41, 5.74) is 0. The van der Waals surface area contributed by atoms with Crippen LogP contribution in [0.4, 0.5) is 0 Å². The molecule has 0 saturated heterocycles. The first-order chi connectivity index (χ1) is 5.24. The van der Waals surface area contributed by atoms with Crippen molar-refractivity contribution in [1.29, 1.82) is 0 Å². The fraction of sp³-hybridized carbons (Fsp3) is 0.667. The van der Waals surface area contributed by atoms with Crippen LogP contribution in [0, 0.1) is 0 Å². The number of aliphatic carboxylic acids is 1. The van der Waals surface area contributed by atoms with Crippen LogP contribution in [-0.4, -0.2) is 43.2 Å². The lowest BCUT2D eigenvalue weighted by Crippen LogP contribution is -2.38. The number of methoxy groups -OCH3 is 1. The van der Waals surface area contributed by atoms with Crippen LogP contribution in [0.5, 0.6) is 0 Å². The van der Waals surface area contributed by atoms with Crippen molar-refractivity contribution >= 4 is 11.8 Å². The summed E-state index contributed by atoms with van der Waals surface area (Å²) in [6.07, 6.45) is 0. The SMILES string of the molecule is COCC1=NCC(C(=O)O)N1. The molecule has 0 aliphatic carbocycles. The van der Waals surface area contributed by atoms with Crippen LogP contribution < -0.4 is 5.32 Å². The Morgan fingerprint density at radius 1 is 2.00 bits per heavy atom. The van der Waals surface area contributed by atoms with Gasteiger partial charge in [-0.1, -0.05) is 0 Å². The minimum Gasteiger partial charge on any atom is -0.480 e. The maximum atomic E-state index is 10.4. The van der Waals surface area contributed by atoms with Crippen molar-refractivity contribution in [3.63, 3.8) is 0 Å². The summed E-state index contributed by atoms with van der Waals surface area (Å²) in [6.45, 7) is 0.651. The van der Waals surface area contributed by atoms with Crippen LogP contribution in [0.1, 0.15) is 0 Å². The Hall–Kier alpha value is -1.10. The van der Waals surface area contributed by atoms with E-state index in [2.05, 4.69) is 10.3 Å². The first-order valence-corrected chi connectivity index (χ1v) is 3.25. The molecule has 1 rings (SSSR count). The van der Waals surface area contributed by atoms with E-state index in [0.717, 1.165) is 0 Å². The Morgan fingerprint density at radius 2 is 2.73 bits per heavy atom. The topological polar surface area (TPSA) is 70.9 Å². The largest absolute Gasteiger partial charge is 0.480 e. The van der Waals surface area contributed by atoms with E-state index in [-0.39, 0.29) is 0 Å². The molecular weight excluding hydrogens is 148 g/mol. The molecule has 0 aromatic carbocycles. The molecule has 0 fully saturated rings. The van der Waals surface area contributed by atoms with E-state index >= 15 is 0 Å². The van der Waals surface area contributed by atoms with Gasteiger partial charge in [-0.25, -0.2) is 4.79 Å². The zero-order valence-corrected chi connectivity index (χ0v) is 6.20. The normalized spacial score (nSPS) is 22.6. The Labute approximate surface area is 64.1 Å². The lowest BCUT2D eigenvalue weighted by molar-refractivity contribution is -0.138. The number of hydrogen-bond acceptors (Lipinski definition) is 4. The second-order valence-electron chi connectivity index (χ2n) is 2.26. The van der Waals surface area contributed by atoms with Gasteiger partial charge >= 0.3 is 5.97 Å². The summed E-state index contributed by atoms with van der Waals surface area (Å²) in [4.78, 5) is 14.3. The van der Waals surface area contributed by atoms with Crippen LogP contribution in [0.25, 0.3) is 0 Å². The van der Waals surface area contributed by atoms with Gasteiger partial charge < -0.3 is 15.2 Å². The highest BCUT2D eigenvalue weighted by atomic mass is 16.5. The van der Waals surface area contributed by atoms with E-state index < -0.39 is 12.0 Å². The van der Waals surface area contributed by atoms with Gasteiger partial charge in [-0.15, -0.1) is 0 Å². The van der Waals surface area contributed by atoms with E-state index in [1.807, 2.05) is 0 Å². The van der Waals surface area contributed by atoms with Crippen molar-refractivity contribution in [3.8, 4) is 0 Å². The number of amidine groups is 1. The third-order valence-electron chi connectivity index (χ3n) is 1.38. The molecule has 5 heteroatoms. The molecule has 0 radical (unpaired) electrons. The van der Waals surface area contributed by atoms with E-state index in [9.17, 15) is 4.79 Å². The van der Waals surface area contributed by atoms with Gasteiger partial charge in [0, 0.05) is 7.11 Å². The first-order valence-electron chi connectivity index (χ1n) is 3.25. The lowest BCUT2D eigenvalue weighted by Gasteiger charge is -2.04. The number of aliphatic imine (C=N–C) groups is 1. The van der Waals surface area contributed by atoms with Crippen molar-refractivity contribution in [2.24, 2.45) is 4.99 Å². The Balaban J connectivity index is 2.36. The smallest absolute Gasteiger partial charge is 0.328 e. The van der Waals surface area contributed by atoms with Crippen molar-refractivity contribution < 1.29 is 14.6 Å². The van der Waals surface area contributed by atoms with Gasteiger partial charge in [0.2, 0.25) is 0 Å². The number of rotatable bonds is 3. The summed E-state index contributed by atoms with van der Waals surface area (Å²) in [5.74, 6) is -0.264. The monoisotopic (exact) mass is 158 g/mol. The zero-order chi connectivity index (χ0) is 8.27. The molecule has 62 valence electrons. The Morgan fingerprint density at radius 3 is 3.18 bits per heavy atom. The van der Waals surface area contributed by atoms with Crippen molar-refractivity contribution in [3.05, 3.63) is 0 Å². The second kappa shape index (κ2) is 3.34. The molecule has 0 spiro atoms. The average Bonchev–Trinajstić information content (AvgIpc) is 2.37. The molecule has 1 unspecified atom stereocenters. The molecular formula is C6H10N2O3. The van der Waals surface area contributed by atoms with E-state index in [4.69, 9.17) is 9.84 Å². The number of carboxylic acids is 1. The van der Waals surface area contributed by atoms with E-state index in [1.165, 1.54) is 7.11 Å². The maximum Gasteiger partial charge on any atom is 0.328 e. The van der Waals surface area contributed by atoms with Gasteiger partial charge in [-0.3, -0.25) is 4.99 Å². The van der Waals surface area contributed by atoms with Gasteiger partial charge in [0.05, 0.1) is 6.54 Å². The Kier molecular flexibility index (Phi) is 2.43. The molecule has 1 aliphatic heterocycles. The summed E-state index contributed by atoms with van der Waals surface area (Å²) in [6, 6.07) is -0.569. The summed E-state index contributed by atoms with van der Waals surface area (Å²) < 4.78 is 4.77. The van der Waals surface area contributed by atoms with Crippen LogP contribution >= 0.6 is 0 Å². The Bertz CT molecular complexity index is 190. The van der Waals surface area contributed by atoms with Gasteiger partial charge in [0.1, 0.15) is 18.5 Å².